The molecule has 0 aliphatic heterocycles. The number of hydrogen-bond donors (Lipinski definition) is 1. The van der Waals surface area contributed by atoms with Crippen molar-refractivity contribution in [3.63, 3.8) is 0 Å². The number of ether oxygens (including phenoxy) is 2. The molecule has 0 spiro atoms. The second-order valence-corrected chi connectivity index (χ2v) is 8.20. The van der Waals surface area contributed by atoms with Gasteiger partial charge in [-0.05, 0) is 71.8 Å². The Balaban J connectivity index is 1.50. The van der Waals surface area contributed by atoms with Gasteiger partial charge in [-0.2, -0.15) is 0 Å². The summed E-state index contributed by atoms with van der Waals surface area (Å²) in [4.78, 5) is 11.1. The number of benzene rings is 3. The van der Waals surface area contributed by atoms with Gasteiger partial charge in [0.2, 0.25) is 0 Å². The van der Waals surface area contributed by atoms with E-state index in [9.17, 15) is 18.0 Å². The van der Waals surface area contributed by atoms with Crippen LogP contribution in [0.3, 0.4) is 0 Å². The van der Waals surface area contributed by atoms with E-state index >= 15 is 0 Å². The molecule has 1 unspecified atom stereocenters. The van der Waals surface area contributed by atoms with Crippen molar-refractivity contribution in [2.24, 2.45) is 0 Å². The van der Waals surface area contributed by atoms with E-state index in [0.717, 1.165) is 40.7 Å². The maximum atomic E-state index is 12.4. The zero-order chi connectivity index (χ0) is 25.0. The van der Waals surface area contributed by atoms with Crippen LogP contribution in [0, 0.1) is 11.8 Å². The normalized spacial score (nSPS) is 15.5. The minimum Gasteiger partial charge on any atom is -0.486 e. The topological polar surface area (TPSA) is 55.8 Å². The molecule has 0 radical (unpaired) electrons. The van der Waals surface area contributed by atoms with Crippen LogP contribution in [0.25, 0.3) is 11.1 Å². The van der Waals surface area contributed by atoms with Crippen LogP contribution in [-0.2, 0) is 11.2 Å². The van der Waals surface area contributed by atoms with Crippen molar-refractivity contribution >= 4 is 5.97 Å². The molecule has 1 N–H and O–H groups in total. The van der Waals surface area contributed by atoms with Gasteiger partial charge in [0.15, 0.2) is 0 Å². The van der Waals surface area contributed by atoms with Crippen molar-refractivity contribution in [2.45, 2.75) is 44.6 Å². The molecule has 35 heavy (non-hydrogen) atoms. The van der Waals surface area contributed by atoms with Crippen molar-refractivity contribution < 1.29 is 32.5 Å². The van der Waals surface area contributed by atoms with Gasteiger partial charge in [-0.1, -0.05) is 48.4 Å². The standard InChI is InChI=1S/C28H23F3O4/c1-2-4-20(17-27(32)33)18-7-11-21(12-8-18)34-26-16-15-24-23(5-3-6-25(24)26)19-9-13-22(14-10-19)35-28(29,30)31/h3,5-14,20,26H,15-17H2,1H3,(H,32,33)/t20-,26?/m0/s1. The van der Waals surface area contributed by atoms with Crippen LogP contribution in [0.5, 0.6) is 11.5 Å². The summed E-state index contributed by atoms with van der Waals surface area (Å²) < 4.78 is 47.6. The number of carboxylic acids is 1. The van der Waals surface area contributed by atoms with E-state index in [0.29, 0.717) is 5.75 Å². The lowest BCUT2D eigenvalue weighted by atomic mass is 9.96. The van der Waals surface area contributed by atoms with Crippen molar-refractivity contribution in [1.29, 1.82) is 0 Å². The van der Waals surface area contributed by atoms with Gasteiger partial charge in [0.05, 0.1) is 12.3 Å². The Kier molecular flexibility index (Phi) is 7.02. The summed E-state index contributed by atoms with van der Waals surface area (Å²) in [6.45, 7) is 1.68. The molecule has 2 atom stereocenters. The quantitative estimate of drug-likeness (QED) is 0.374. The van der Waals surface area contributed by atoms with Crippen molar-refractivity contribution in [3.8, 4) is 34.5 Å². The number of carbonyl (C=O) groups is 1. The molecule has 0 aromatic heterocycles. The zero-order valence-electron chi connectivity index (χ0n) is 18.9. The molecule has 0 saturated heterocycles. The van der Waals surface area contributed by atoms with E-state index in [1.54, 1.807) is 19.1 Å². The van der Waals surface area contributed by atoms with E-state index in [2.05, 4.69) is 16.6 Å². The fourth-order valence-electron chi connectivity index (χ4n) is 4.39. The van der Waals surface area contributed by atoms with Gasteiger partial charge in [0, 0.05) is 0 Å². The number of aliphatic carboxylic acids is 1. The fourth-order valence-corrected chi connectivity index (χ4v) is 4.39. The van der Waals surface area contributed by atoms with Crippen LogP contribution in [0.1, 0.15) is 48.5 Å². The summed E-state index contributed by atoms with van der Waals surface area (Å²) >= 11 is 0. The SMILES string of the molecule is CC#C[C@@H](CC(=O)O)c1ccc(OC2CCc3c(-c4ccc(OC(F)(F)F)cc4)cccc32)cc1. The van der Waals surface area contributed by atoms with Crippen LogP contribution >= 0.6 is 0 Å². The van der Waals surface area contributed by atoms with Gasteiger partial charge >= 0.3 is 12.3 Å². The molecule has 0 bridgehead atoms. The van der Waals surface area contributed by atoms with E-state index in [4.69, 9.17) is 9.84 Å². The summed E-state index contributed by atoms with van der Waals surface area (Å²) in [7, 11) is 0. The Morgan fingerprint density at radius 3 is 2.37 bits per heavy atom. The monoisotopic (exact) mass is 480 g/mol. The molecular weight excluding hydrogens is 457 g/mol. The molecule has 0 heterocycles. The highest BCUT2D eigenvalue weighted by Gasteiger charge is 2.31. The molecule has 3 aromatic carbocycles. The lowest BCUT2D eigenvalue weighted by molar-refractivity contribution is -0.274. The van der Waals surface area contributed by atoms with Gasteiger partial charge in [0.25, 0.3) is 0 Å². The molecule has 0 fully saturated rings. The van der Waals surface area contributed by atoms with E-state index in [-0.39, 0.29) is 24.2 Å². The molecule has 3 aromatic rings. The predicted molar refractivity (Wildman–Crippen MR) is 125 cm³/mol. The van der Waals surface area contributed by atoms with Crippen molar-refractivity contribution in [2.75, 3.05) is 0 Å². The largest absolute Gasteiger partial charge is 0.573 e. The molecule has 4 rings (SSSR count). The number of rotatable bonds is 7. The van der Waals surface area contributed by atoms with Gasteiger partial charge in [0.1, 0.15) is 17.6 Å². The predicted octanol–water partition coefficient (Wildman–Crippen LogP) is 6.90. The summed E-state index contributed by atoms with van der Waals surface area (Å²) in [6, 6.07) is 19.1. The highest BCUT2D eigenvalue weighted by atomic mass is 19.4. The van der Waals surface area contributed by atoms with Crippen molar-refractivity contribution in [3.05, 3.63) is 83.4 Å². The van der Waals surface area contributed by atoms with Crippen LogP contribution in [0.15, 0.2) is 66.7 Å². The smallest absolute Gasteiger partial charge is 0.486 e. The van der Waals surface area contributed by atoms with E-state index < -0.39 is 12.3 Å². The summed E-state index contributed by atoms with van der Waals surface area (Å²) in [5, 5.41) is 9.13. The second kappa shape index (κ2) is 10.1. The molecule has 1 aliphatic carbocycles. The summed E-state index contributed by atoms with van der Waals surface area (Å²) in [6.07, 6.45) is -3.40. The van der Waals surface area contributed by atoms with E-state index in [1.165, 1.54) is 12.1 Å². The number of fused-ring (bicyclic) bond motifs is 1. The average molecular weight is 480 g/mol. The van der Waals surface area contributed by atoms with Crippen LogP contribution in [-0.4, -0.2) is 17.4 Å². The molecule has 4 nitrogen and oxygen atoms in total. The fraction of sp³-hybridized carbons (Fsp3) is 0.250. The molecular formula is C28H23F3O4. The van der Waals surface area contributed by atoms with E-state index in [1.807, 2.05) is 42.5 Å². The third kappa shape index (κ3) is 5.96. The number of halogens is 3. The third-order valence-electron chi connectivity index (χ3n) is 5.87. The maximum absolute atomic E-state index is 12.4. The second-order valence-electron chi connectivity index (χ2n) is 8.20. The summed E-state index contributed by atoms with van der Waals surface area (Å²) in [5.41, 5.74) is 4.74. The average Bonchev–Trinajstić information content (AvgIpc) is 3.21. The van der Waals surface area contributed by atoms with Crippen molar-refractivity contribution in [1.82, 2.24) is 0 Å². The summed E-state index contributed by atoms with van der Waals surface area (Å²) in [5.74, 6) is 4.85. The highest BCUT2D eigenvalue weighted by molar-refractivity contribution is 5.70. The first-order valence-electron chi connectivity index (χ1n) is 11.1. The number of alkyl halides is 3. The first-order chi connectivity index (χ1) is 16.7. The first kappa shape index (κ1) is 24.2. The number of hydrogen-bond acceptors (Lipinski definition) is 3. The lowest BCUT2D eigenvalue weighted by Crippen LogP contribution is -2.16. The van der Waals surface area contributed by atoms with Gasteiger partial charge in [-0.3, -0.25) is 4.79 Å². The van der Waals surface area contributed by atoms with Gasteiger partial charge < -0.3 is 14.6 Å². The van der Waals surface area contributed by atoms with Crippen LogP contribution < -0.4 is 9.47 Å². The molecule has 7 heteroatoms. The first-order valence-corrected chi connectivity index (χ1v) is 11.1. The molecule has 1 aliphatic rings. The Morgan fingerprint density at radius 1 is 1.06 bits per heavy atom. The van der Waals surface area contributed by atoms with Crippen LogP contribution in [0.4, 0.5) is 13.2 Å². The van der Waals surface area contributed by atoms with Gasteiger partial charge in [-0.25, -0.2) is 0 Å². The number of carboxylic acid groups (broad SMARTS) is 1. The minimum atomic E-state index is -4.72. The Hall–Kier alpha value is -3.92. The minimum absolute atomic E-state index is 0.0663. The molecule has 0 amide bonds. The van der Waals surface area contributed by atoms with Crippen LogP contribution in [0.2, 0.25) is 0 Å². The van der Waals surface area contributed by atoms with Gasteiger partial charge in [-0.15, -0.1) is 19.1 Å². The zero-order valence-corrected chi connectivity index (χ0v) is 18.9. The molecule has 0 saturated carbocycles. The third-order valence-corrected chi connectivity index (χ3v) is 5.87. The highest BCUT2D eigenvalue weighted by Crippen LogP contribution is 2.40. The lowest BCUT2D eigenvalue weighted by Gasteiger charge is -2.17. The Morgan fingerprint density at radius 2 is 1.74 bits per heavy atom. The molecule has 180 valence electrons. The Bertz CT molecular complexity index is 1250. The maximum Gasteiger partial charge on any atom is 0.573 e. The Labute approximate surface area is 201 Å².